The number of anilines is 2. The number of carbonyl (C=O) groups is 1. The summed E-state index contributed by atoms with van der Waals surface area (Å²) >= 11 is 0. The van der Waals surface area contributed by atoms with Gasteiger partial charge >= 0.3 is 0 Å². The molecule has 0 unspecified atom stereocenters. The molecule has 0 spiro atoms. The molecule has 19 heavy (non-hydrogen) atoms. The van der Waals surface area contributed by atoms with Crippen LogP contribution in [0.1, 0.15) is 13.3 Å². The Bertz CT molecular complexity index is 557. The minimum absolute atomic E-state index is 0.0639. The molecule has 0 saturated carbocycles. The highest BCUT2D eigenvalue weighted by Gasteiger charge is 2.10. The molecule has 6 N–H and O–H groups in total. The van der Waals surface area contributed by atoms with Gasteiger partial charge in [-0.15, -0.1) is 0 Å². The quantitative estimate of drug-likeness (QED) is 0.541. The minimum atomic E-state index is -3.77. The fourth-order valence-electron chi connectivity index (χ4n) is 1.38. The molecule has 7 nitrogen and oxygen atoms in total. The fraction of sp³-hybridized carbons (Fsp3) is 0.364. The van der Waals surface area contributed by atoms with Gasteiger partial charge in [-0.3, -0.25) is 4.79 Å². The maximum absolute atomic E-state index is 11.4. The minimum Gasteiger partial charge on any atom is -0.397 e. The Kier molecular flexibility index (Phi) is 5.13. The number of sulfonamides is 1. The average Bonchev–Trinajstić information content (AvgIpc) is 2.33. The summed E-state index contributed by atoms with van der Waals surface area (Å²) in [7, 11) is -3.77. The first-order valence-electron chi connectivity index (χ1n) is 5.77. The Morgan fingerprint density at radius 3 is 2.58 bits per heavy atom. The SMILES string of the molecule is CCCNC(=O)CNc1ccc(S(N)(=O)=O)cc1N. The molecule has 1 rings (SSSR count). The van der Waals surface area contributed by atoms with E-state index in [2.05, 4.69) is 10.6 Å². The Morgan fingerprint density at radius 2 is 2.05 bits per heavy atom. The van der Waals surface area contributed by atoms with Crippen LogP contribution in [-0.4, -0.2) is 27.4 Å². The average molecular weight is 286 g/mol. The molecule has 0 aromatic heterocycles. The Hall–Kier alpha value is -1.80. The molecule has 1 aromatic rings. The van der Waals surface area contributed by atoms with Crippen molar-refractivity contribution in [1.29, 1.82) is 0 Å². The largest absolute Gasteiger partial charge is 0.397 e. The van der Waals surface area contributed by atoms with Crippen molar-refractivity contribution in [2.45, 2.75) is 18.2 Å². The van der Waals surface area contributed by atoms with Crippen molar-refractivity contribution >= 4 is 27.3 Å². The number of rotatable bonds is 6. The van der Waals surface area contributed by atoms with Crippen LogP contribution in [0.25, 0.3) is 0 Å². The number of primary sulfonamides is 1. The van der Waals surface area contributed by atoms with E-state index in [1.54, 1.807) is 0 Å². The van der Waals surface area contributed by atoms with Crippen molar-refractivity contribution in [3.05, 3.63) is 18.2 Å². The summed E-state index contributed by atoms with van der Waals surface area (Å²) in [5, 5.41) is 10.5. The lowest BCUT2D eigenvalue weighted by Gasteiger charge is -2.10. The van der Waals surface area contributed by atoms with Crippen LogP contribution in [0, 0.1) is 0 Å². The van der Waals surface area contributed by atoms with Gasteiger partial charge in [-0.25, -0.2) is 13.6 Å². The first-order chi connectivity index (χ1) is 8.84. The lowest BCUT2D eigenvalue weighted by atomic mass is 10.2. The van der Waals surface area contributed by atoms with Crippen molar-refractivity contribution < 1.29 is 13.2 Å². The Labute approximate surface area is 112 Å². The maximum Gasteiger partial charge on any atom is 0.239 e. The Balaban J connectivity index is 2.68. The summed E-state index contributed by atoms with van der Waals surface area (Å²) in [6.45, 7) is 2.64. The number of amides is 1. The van der Waals surface area contributed by atoms with Crippen molar-refractivity contribution in [3.63, 3.8) is 0 Å². The van der Waals surface area contributed by atoms with Crippen LogP contribution in [-0.2, 0) is 14.8 Å². The van der Waals surface area contributed by atoms with E-state index >= 15 is 0 Å². The third-order valence-corrected chi connectivity index (χ3v) is 3.27. The van der Waals surface area contributed by atoms with Crippen molar-refractivity contribution in [2.75, 3.05) is 24.1 Å². The van der Waals surface area contributed by atoms with Crippen LogP contribution < -0.4 is 21.5 Å². The summed E-state index contributed by atoms with van der Waals surface area (Å²) in [6.07, 6.45) is 0.858. The summed E-state index contributed by atoms with van der Waals surface area (Å²) in [6, 6.07) is 4.06. The second kappa shape index (κ2) is 6.39. The molecule has 0 heterocycles. The van der Waals surface area contributed by atoms with Gasteiger partial charge in [0.15, 0.2) is 0 Å². The number of carbonyl (C=O) groups excluding carboxylic acids is 1. The van der Waals surface area contributed by atoms with Gasteiger partial charge in [-0.05, 0) is 24.6 Å². The Morgan fingerprint density at radius 1 is 1.37 bits per heavy atom. The van der Waals surface area contributed by atoms with Gasteiger partial charge < -0.3 is 16.4 Å². The van der Waals surface area contributed by atoms with Crippen LogP contribution >= 0.6 is 0 Å². The number of nitrogens with one attached hydrogen (secondary N) is 2. The van der Waals surface area contributed by atoms with Crippen molar-refractivity contribution in [2.24, 2.45) is 5.14 Å². The van der Waals surface area contributed by atoms with Crippen LogP contribution in [0.3, 0.4) is 0 Å². The number of benzene rings is 1. The number of hydrogen-bond acceptors (Lipinski definition) is 5. The number of nitrogens with two attached hydrogens (primary N) is 2. The lowest BCUT2D eigenvalue weighted by Crippen LogP contribution is -2.30. The molecule has 0 saturated heterocycles. The number of hydrogen-bond donors (Lipinski definition) is 4. The lowest BCUT2D eigenvalue weighted by molar-refractivity contribution is -0.119. The molecule has 0 radical (unpaired) electrons. The zero-order chi connectivity index (χ0) is 14.5. The molecule has 1 aromatic carbocycles. The molecule has 106 valence electrons. The monoisotopic (exact) mass is 286 g/mol. The molecular formula is C11H18N4O3S. The summed E-state index contributed by atoms with van der Waals surface area (Å²) in [5.41, 5.74) is 6.39. The van der Waals surface area contributed by atoms with E-state index in [9.17, 15) is 13.2 Å². The van der Waals surface area contributed by atoms with E-state index in [4.69, 9.17) is 10.9 Å². The molecular weight excluding hydrogens is 268 g/mol. The summed E-state index contributed by atoms with van der Waals surface area (Å²) in [5.74, 6) is -0.156. The van der Waals surface area contributed by atoms with Gasteiger partial charge in [0.05, 0.1) is 22.8 Å². The number of nitrogen functional groups attached to an aromatic ring is 1. The zero-order valence-electron chi connectivity index (χ0n) is 10.6. The van der Waals surface area contributed by atoms with Crippen LogP contribution in [0.15, 0.2) is 23.1 Å². The van der Waals surface area contributed by atoms with Crippen LogP contribution in [0.2, 0.25) is 0 Å². The predicted molar refractivity (Wildman–Crippen MR) is 74.0 cm³/mol. The van der Waals surface area contributed by atoms with E-state index in [-0.39, 0.29) is 23.0 Å². The van der Waals surface area contributed by atoms with E-state index in [1.807, 2.05) is 6.92 Å². The van der Waals surface area contributed by atoms with Gasteiger partial charge in [-0.1, -0.05) is 6.92 Å². The van der Waals surface area contributed by atoms with Gasteiger partial charge in [0.2, 0.25) is 15.9 Å². The first-order valence-corrected chi connectivity index (χ1v) is 7.32. The van der Waals surface area contributed by atoms with E-state index in [1.165, 1.54) is 18.2 Å². The topological polar surface area (TPSA) is 127 Å². The first kappa shape index (κ1) is 15.3. The van der Waals surface area contributed by atoms with Crippen LogP contribution in [0.5, 0.6) is 0 Å². The fourth-order valence-corrected chi connectivity index (χ4v) is 1.93. The van der Waals surface area contributed by atoms with Gasteiger partial charge in [0, 0.05) is 6.54 Å². The standard InChI is InChI=1S/C11H18N4O3S/c1-2-5-14-11(16)7-15-10-4-3-8(6-9(10)12)19(13,17)18/h3-4,6,15H,2,5,7,12H2,1H3,(H,14,16)(H2,13,17,18). The van der Waals surface area contributed by atoms with E-state index in [0.29, 0.717) is 12.2 Å². The second-order valence-corrected chi connectivity index (χ2v) is 5.56. The molecule has 0 fully saturated rings. The normalized spacial score (nSPS) is 11.1. The molecule has 0 aliphatic carbocycles. The van der Waals surface area contributed by atoms with Crippen molar-refractivity contribution in [3.8, 4) is 0 Å². The molecule has 0 aliphatic heterocycles. The van der Waals surface area contributed by atoms with Gasteiger partial charge in [0.1, 0.15) is 0 Å². The molecule has 8 heteroatoms. The third-order valence-electron chi connectivity index (χ3n) is 2.36. The third kappa shape index (κ3) is 4.76. The highest BCUT2D eigenvalue weighted by molar-refractivity contribution is 7.89. The van der Waals surface area contributed by atoms with E-state index < -0.39 is 10.0 Å². The molecule has 0 atom stereocenters. The van der Waals surface area contributed by atoms with Gasteiger partial charge in [-0.2, -0.15) is 0 Å². The molecule has 0 aliphatic rings. The highest BCUT2D eigenvalue weighted by Crippen LogP contribution is 2.21. The zero-order valence-corrected chi connectivity index (χ0v) is 11.5. The van der Waals surface area contributed by atoms with Crippen molar-refractivity contribution in [1.82, 2.24) is 5.32 Å². The highest BCUT2D eigenvalue weighted by atomic mass is 32.2. The van der Waals surface area contributed by atoms with Gasteiger partial charge in [0.25, 0.3) is 0 Å². The molecule has 0 bridgehead atoms. The maximum atomic E-state index is 11.4. The summed E-state index contributed by atoms with van der Waals surface area (Å²) in [4.78, 5) is 11.3. The van der Waals surface area contributed by atoms with Crippen LogP contribution in [0.4, 0.5) is 11.4 Å². The summed E-state index contributed by atoms with van der Waals surface area (Å²) < 4.78 is 22.2. The second-order valence-electron chi connectivity index (χ2n) is 4.00. The smallest absolute Gasteiger partial charge is 0.239 e. The molecule has 1 amide bonds. The van der Waals surface area contributed by atoms with E-state index in [0.717, 1.165) is 6.42 Å². The predicted octanol–water partition coefficient (Wildman–Crippen LogP) is -0.146.